The summed E-state index contributed by atoms with van der Waals surface area (Å²) < 4.78 is 0. The van der Waals surface area contributed by atoms with Gasteiger partial charge in [-0.15, -0.1) is 0 Å². The van der Waals surface area contributed by atoms with Gasteiger partial charge in [-0.2, -0.15) is 0 Å². The molecular formula is C17H34N2. The van der Waals surface area contributed by atoms with Gasteiger partial charge in [0.05, 0.1) is 0 Å². The SMILES string of the molecule is CCC1CCC(CN)(N(C)C2CCCCCC2)CC1. The predicted molar refractivity (Wildman–Crippen MR) is 83.3 cm³/mol. The zero-order valence-electron chi connectivity index (χ0n) is 13.2. The molecule has 2 aliphatic carbocycles. The first-order chi connectivity index (χ1) is 9.22. The Morgan fingerprint density at radius 3 is 2.05 bits per heavy atom. The molecule has 0 spiro atoms. The van der Waals surface area contributed by atoms with Crippen molar-refractivity contribution < 1.29 is 0 Å². The van der Waals surface area contributed by atoms with Crippen molar-refractivity contribution in [1.29, 1.82) is 0 Å². The fraction of sp³-hybridized carbons (Fsp3) is 1.00. The average molecular weight is 266 g/mol. The summed E-state index contributed by atoms with van der Waals surface area (Å²) >= 11 is 0. The molecule has 2 saturated carbocycles. The van der Waals surface area contributed by atoms with Gasteiger partial charge in [-0.05, 0) is 51.5 Å². The minimum absolute atomic E-state index is 0.320. The van der Waals surface area contributed by atoms with Crippen LogP contribution in [0, 0.1) is 5.92 Å². The number of likely N-dealkylation sites (N-methyl/N-ethyl adjacent to an activating group) is 1. The van der Waals surface area contributed by atoms with Crippen LogP contribution in [0.5, 0.6) is 0 Å². The van der Waals surface area contributed by atoms with Crippen LogP contribution in [0.15, 0.2) is 0 Å². The molecule has 112 valence electrons. The van der Waals surface area contributed by atoms with Gasteiger partial charge in [0, 0.05) is 18.1 Å². The molecule has 2 heteroatoms. The number of nitrogens with zero attached hydrogens (tertiary/aromatic N) is 1. The van der Waals surface area contributed by atoms with Crippen molar-refractivity contribution in [3.8, 4) is 0 Å². The molecule has 0 bridgehead atoms. The summed E-state index contributed by atoms with van der Waals surface area (Å²) in [5, 5.41) is 0. The first kappa shape index (κ1) is 15.3. The molecule has 0 amide bonds. The second-order valence-electron chi connectivity index (χ2n) is 7.04. The molecule has 0 aromatic carbocycles. The lowest BCUT2D eigenvalue weighted by molar-refractivity contribution is 0.0242. The third-order valence-electron chi connectivity index (χ3n) is 6.11. The fourth-order valence-corrected chi connectivity index (χ4v) is 4.36. The summed E-state index contributed by atoms with van der Waals surface area (Å²) in [6, 6.07) is 0.796. The number of nitrogens with two attached hydrogens (primary N) is 1. The van der Waals surface area contributed by atoms with Crippen molar-refractivity contribution in [3.05, 3.63) is 0 Å². The van der Waals surface area contributed by atoms with Crippen LogP contribution in [0.3, 0.4) is 0 Å². The van der Waals surface area contributed by atoms with Crippen LogP contribution in [-0.4, -0.2) is 30.1 Å². The third-order valence-corrected chi connectivity index (χ3v) is 6.11. The van der Waals surface area contributed by atoms with E-state index in [2.05, 4.69) is 18.9 Å². The van der Waals surface area contributed by atoms with E-state index in [0.717, 1.165) is 18.5 Å². The highest BCUT2D eigenvalue weighted by Crippen LogP contribution is 2.39. The van der Waals surface area contributed by atoms with Crippen molar-refractivity contribution in [3.63, 3.8) is 0 Å². The van der Waals surface area contributed by atoms with Gasteiger partial charge in [-0.25, -0.2) is 0 Å². The largest absolute Gasteiger partial charge is 0.329 e. The van der Waals surface area contributed by atoms with Gasteiger partial charge in [0.15, 0.2) is 0 Å². The van der Waals surface area contributed by atoms with Crippen LogP contribution in [0.2, 0.25) is 0 Å². The molecule has 0 aromatic rings. The summed E-state index contributed by atoms with van der Waals surface area (Å²) in [5.41, 5.74) is 6.55. The lowest BCUT2D eigenvalue weighted by atomic mass is 9.74. The van der Waals surface area contributed by atoms with Gasteiger partial charge < -0.3 is 5.73 Å². The molecule has 2 rings (SSSR count). The Morgan fingerprint density at radius 2 is 1.58 bits per heavy atom. The summed E-state index contributed by atoms with van der Waals surface area (Å²) in [7, 11) is 2.37. The third kappa shape index (κ3) is 3.52. The van der Waals surface area contributed by atoms with E-state index in [1.807, 2.05) is 0 Å². The molecule has 0 radical (unpaired) electrons. The van der Waals surface area contributed by atoms with E-state index in [4.69, 9.17) is 5.73 Å². The Bertz CT molecular complexity index is 248. The van der Waals surface area contributed by atoms with Crippen molar-refractivity contribution in [2.24, 2.45) is 11.7 Å². The highest BCUT2D eigenvalue weighted by atomic mass is 15.2. The van der Waals surface area contributed by atoms with Crippen molar-refractivity contribution in [2.75, 3.05) is 13.6 Å². The predicted octanol–water partition coefficient (Wildman–Crippen LogP) is 3.94. The Labute approximate surface area is 120 Å². The van der Waals surface area contributed by atoms with Crippen LogP contribution in [0.25, 0.3) is 0 Å². The summed E-state index contributed by atoms with van der Waals surface area (Å²) in [4.78, 5) is 2.71. The molecule has 19 heavy (non-hydrogen) atoms. The van der Waals surface area contributed by atoms with Gasteiger partial charge in [0.1, 0.15) is 0 Å². The zero-order chi connectivity index (χ0) is 13.7. The normalized spacial score (nSPS) is 34.4. The van der Waals surface area contributed by atoms with Crippen LogP contribution in [0.4, 0.5) is 0 Å². The molecule has 0 aliphatic heterocycles. The van der Waals surface area contributed by atoms with Gasteiger partial charge in [-0.1, -0.05) is 39.0 Å². The van der Waals surface area contributed by atoms with Crippen LogP contribution >= 0.6 is 0 Å². The second-order valence-corrected chi connectivity index (χ2v) is 7.04. The fourth-order valence-electron chi connectivity index (χ4n) is 4.36. The minimum atomic E-state index is 0.320. The van der Waals surface area contributed by atoms with E-state index in [9.17, 15) is 0 Å². The summed E-state index contributed by atoms with van der Waals surface area (Å²) in [6.45, 7) is 3.20. The number of hydrogen-bond donors (Lipinski definition) is 1. The first-order valence-corrected chi connectivity index (χ1v) is 8.65. The molecule has 2 fully saturated rings. The lowest BCUT2D eigenvalue weighted by Gasteiger charge is -2.49. The molecule has 2 nitrogen and oxygen atoms in total. The van der Waals surface area contributed by atoms with Gasteiger partial charge in [0.25, 0.3) is 0 Å². The van der Waals surface area contributed by atoms with E-state index >= 15 is 0 Å². The maximum absolute atomic E-state index is 6.23. The minimum Gasteiger partial charge on any atom is -0.329 e. The zero-order valence-corrected chi connectivity index (χ0v) is 13.2. The van der Waals surface area contributed by atoms with Gasteiger partial charge in [0.2, 0.25) is 0 Å². The molecule has 2 N–H and O–H groups in total. The van der Waals surface area contributed by atoms with Crippen LogP contribution < -0.4 is 5.73 Å². The smallest absolute Gasteiger partial charge is 0.0331 e. The maximum Gasteiger partial charge on any atom is 0.0331 e. The molecule has 2 aliphatic rings. The number of rotatable bonds is 4. The number of hydrogen-bond acceptors (Lipinski definition) is 2. The Balaban J connectivity index is 1.99. The van der Waals surface area contributed by atoms with Crippen LogP contribution in [-0.2, 0) is 0 Å². The van der Waals surface area contributed by atoms with Crippen molar-refractivity contribution in [2.45, 2.75) is 89.1 Å². The second kappa shape index (κ2) is 7.08. The topological polar surface area (TPSA) is 29.3 Å². The molecule has 0 aromatic heterocycles. The van der Waals surface area contributed by atoms with E-state index in [-0.39, 0.29) is 0 Å². The van der Waals surface area contributed by atoms with Gasteiger partial charge in [-0.3, -0.25) is 4.90 Å². The Kier molecular flexibility index (Phi) is 5.70. The first-order valence-electron chi connectivity index (χ1n) is 8.65. The highest BCUT2D eigenvalue weighted by Gasteiger charge is 2.39. The summed E-state index contributed by atoms with van der Waals surface area (Å²) in [6.07, 6.45) is 15.3. The summed E-state index contributed by atoms with van der Waals surface area (Å²) in [5.74, 6) is 0.960. The van der Waals surface area contributed by atoms with Crippen LogP contribution in [0.1, 0.15) is 77.6 Å². The van der Waals surface area contributed by atoms with Crippen molar-refractivity contribution >= 4 is 0 Å². The Morgan fingerprint density at radius 1 is 1.00 bits per heavy atom. The lowest BCUT2D eigenvalue weighted by Crippen LogP contribution is -2.57. The molecular weight excluding hydrogens is 232 g/mol. The van der Waals surface area contributed by atoms with Gasteiger partial charge >= 0.3 is 0 Å². The highest BCUT2D eigenvalue weighted by molar-refractivity contribution is 4.97. The molecule has 0 atom stereocenters. The van der Waals surface area contributed by atoms with E-state index in [1.54, 1.807) is 0 Å². The Hall–Kier alpha value is -0.0800. The molecule has 0 heterocycles. The molecule has 0 unspecified atom stereocenters. The van der Waals surface area contributed by atoms with E-state index in [0.29, 0.717) is 5.54 Å². The monoisotopic (exact) mass is 266 g/mol. The maximum atomic E-state index is 6.23. The van der Waals surface area contributed by atoms with E-state index in [1.165, 1.54) is 70.6 Å². The quantitative estimate of drug-likeness (QED) is 0.781. The molecule has 0 saturated heterocycles. The van der Waals surface area contributed by atoms with Crippen molar-refractivity contribution in [1.82, 2.24) is 4.90 Å². The van der Waals surface area contributed by atoms with E-state index < -0.39 is 0 Å². The average Bonchev–Trinajstić information content (AvgIpc) is 2.75. The standard InChI is InChI=1S/C17H34N2/c1-3-15-10-12-17(14-18,13-11-15)19(2)16-8-6-4-5-7-9-16/h15-16H,3-14,18H2,1-2H3.